The molecular weight excluding hydrogens is 543 g/mol. The fourth-order valence-electron chi connectivity index (χ4n) is 4.62. The number of aliphatic hydroxyl groups excluding tert-OH is 1. The van der Waals surface area contributed by atoms with Crippen LogP contribution in [0.25, 0.3) is 21.6 Å². The first-order valence-electron chi connectivity index (χ1n) is 11.9. The van der Waals surface area contributed by atoms with E-state index in [4.69, 9.17) is 38.8 Å². The van der Waals surface area contributed by atoms with E-state index in [-0.39, 0.29) is 32.2 Å². The maximum Gasteiger partial charge on any atom is 0.264 e. The van der Waals surface area contributed by atoms with Gasteiger partial charge in [0.1, 0.15) is 17.8 Å². The third kappa shape index (κ3) is 4.90. The molecule has 2 heterocycles. The molecule has 1 fully saturated rings. The van der Waals surface area contributed by atoms with E-state index >= 15 is 0 Å². The first kappa shape index (κ1) is 26.3. The van der Waals surface area contributed by atoms with Gasteiger partial charge in [-0.15, -0.1) is 11.3 Å². The van der Waals surface area contributed by atoms with E-state index in [2.05, 4.69) is 0 Å². The van der Waals surface area contributed by atoms with Crippen LogP contribution in [0.3, 0.4) is 0 Å². The molecule has 38 heavy (non-hydrogen) atoms. The van der Waals surface area contributed by atoms with Gasteiger partial charge < -0.3 is 20.5 Å². The molecule has 0 bridgehead atoms. The highest BCUT2D eigenvalue weighted by molar-refractivity contribution is 7.18. The number of primary amides is 1. The van der Waals surface area contributed by atoms with Gasteiger partial charge in [-0.25, -0.2) is 0 Å². The van der Waals surface area contributed by atoms with Crippen LogP contribution in [0.15, 0.2) is 78.9 Å². The SMILES string of the molecule is NC(=O)C1(c2ccccc2)CN(C(=O)c2cc(-c3ccc(OCCO)cc3)c(-c3ccc(Cl)cc3Cl)s2)C1. The van der Waals surface area contributed by atoms with Crippen molar-refractivity contribution in [1.82, 2.24) is 4.90 Å². The number of nitrogens with zero attached hydrogens (tertiary/aromatic N) is 1. The summed E-state index contributed by atoms with van der Waals surface area (Å²) in [6.07, 6.45) is 0. The lowest BCUT2D eigenvalue weighted by Crippen LogP contribution is -2.66. The Morgan fingerprint density at radius 3 is 2.32 bits per heavy atom. The largest absolute Gasteiger partial charge is 0.491 e. The van der Waals surface area contributed by atoms with E-state index in [0.717, 1.165) is 27.1 Å². The number of carbonyl (C=O) groups is 2. The highest BCUT2D eigenvalue weighted by Crippen LogP contribution is 2.44. The van der Waals surface area contributed by atoms with Gasteiger partial charge >= 0.3 is 0 Å². The van der Waals surface area contributed by atoms with Gasteiger partial charge in [-0.05, 0) is 41.5 Å². The highest BCUT2D eigenvalue weighted by Gasteiger charge is 2.51. The summed E-state index contributed by atoms with van der Waals surface area (Å²) < 4.78 is 5.48. The van der Waals surface area contributed by atoms with E-state index in [1.165, 1.54) is 11.3 Å². The summed E-state index contributed by atoms with van der Waals surface area (Å²) in [4.78, 5) is 29.0. The number of aliphatic hydroxyl groups is 1. The van der Waals surface area contributed by atoms with Crippen LogP contribution in [0.1, 0.15) is 15.2 Å². The Balaban J connectivity index is 1.49. The molecule has 2 amide bonds. The number of thiophene rings is 1. The van der Waals surface area contributed by atoms with Crippen molar-refractivity contribution in [2.24, 2.45) is 5.73 Å². The molecule has 0 atom stereocenters. The minimum absolute atomic E-state index is 0.0746. The van der Waals surface area contributed by atoms with Crippen LogP contribution in [0.2, 0.25) is 10.0 Å². The van der Waals surface area contributed by atoms with Crippen molar-refractivity contribution in [3.8, 4) is 27.3 Å². The second kappa shape index (κ2) is 10.8. The zero-order chi connectivity index (χ0) is 26.9. The third-order valence-electron chi connectivity index (χ3n) is 6.65. The zero-order valence-electron chi connectivity index (χ0n) is 20.2. The van der Waals surface area contributed by atoms with Crippen molar-refractivity contribution in [2.45, 2.75) is 5.41 Å². The molecule has 4 aromatic rings. The average Bonchev–Trinajstić information content (AvgIpc) is 3.33. The number of benzene rings is 3. The molecule has 1 aromatic heterocycles. The first-order valence-corrected chi connectivity index (χ1v) is 13.5. The van der Waals surface area contributed by atoms with Gasteiger partial charge in [0.15, 0.2) is 0 Å². The molecule has 1 saturated heterocycles. The third-order valence-corrected chi connectivity index (χ3v) is 8.35. The minimum atomic E-state index is -0.899. The van der Waals surface area contributed by atoms with Crippen molar-refractivity contribution < 1.29 is 19.4 Å². The molecule has 0 radical (unpaired) electrons. The quantitative estimate of drug-likeness (QED) is 0.288. The van der Waals surface area contributed by atoms with E-state index < -0.39 is 11.3 Å². The summed E-state index contributed by atoms with van der Waals surface area (Å²) in [7, 11) is 0. The predicted octanol–water partition coefficient (Wildman–Crippen LogP) is 5.64. The predicted molar refractivity (Wildman–Crippen MR) is 151 cm³/mol. The van der Waals surface area contributed by atoms with Gasteiger partial charge in [-0.1, -0.05) is 71.7 Å². The number of amides is 2. The number of ether oxygens (including phenoxy) is 1. The average molecular weight is 567 g/mol. The Morgan fingerprint density at radius 1 is 0.974 bits per heavy atom. The van der Waals surface area contributed by atoms with Crippen molar-refractivity contribution in [3.63, 3.8) is 0 Å². The zero-order valence-corrected chi connectivity index (χ0v) is 22.5. The Bertz CT molecular complexity index is 1480. The normalized spacial score (nSPS) is 14.1. The molecule has 0 aliphatic carbocycles. The van der Waals surface area contributed by atoms with Gasteiger partial charge in [-0.2, -0.15) is 0 Å². The van der Waals surface area contributed by atoms with Crippen LogP contribution in [-0.4, -0.2) is 48.1 Å². The molecule has 3 aromatic carbocycles. The van der Waals surface area contributed by atoms with Crippen molar-refractivity contribution in [1.29, 1.82) is 0 Å². The second-order valence-electron chi connectivity index (χ2n) is 9.05. The van der Waals surface area contributed by atoms with E-state index in [0.29, 0.717) is 20.7 Å². The fraction of sp³-hybridized carbons (Fsp3) is 0.172. The van der Waals surface area contributed by atoms with Crippen LogP contribution in [0, 0.1) is 0 Å². The lowest BCUT2D eigenvalue weighted by atomic mass is 9.73. The monoisotopic (exact) mass is 566 g/mol. The van der Waals surface area contributed by atoms with Gasteiger partial charge in [-0.3, -0.25) is 9.59 Å². The second-order valence-corrected chi connectivity index (χ2v) is 10.9. The van der Waals surface area contributed by atoms with Gasteiger partial charge in [0, 0.05) is 34.1 Å². The van der Waals surface area contributed by atoms with Crippen molar-refractivity contribution >= 4 is 46.4 Å². The van der Waals surface area contributed by atoms with Gasteiger partial charge in [0.25, 0.3) is 5.91 Å². The molecule has 9 heteroatoms. The number of carbonyl (C=O) groups excluding carboxylic acids is 2. The summed E-state index contributed by atoms with van der Waals surface area (Å²) in [5.74, 6) is 0.00439. The minimum Gasteiger partial charge on any atom is -0.491 e. The van der Waals surface area contributed by atoms with Crippen LogP contribution in [-0.2, 0) is 10.2 Å². The van der Waals surface area contributed by atoms with Crippen LogP contribution < -0.4 is 10.5 Å². The maximum absolute atomic E-state index is 13.6. The molecule has 1 aliphatic heterocycles. The van der Waals surface area contributed by atoms with Crippen LogP contribution in [0.5, 0.6) is 5.75 Å². The summed E-state index contributed by atoms with van der Waals surface area (Å²) in [6, 6.07) is 23.9. The summed E-state index contributed by atoms with van der Waals surface area (Å²) in [6.45, 7) is 0.557. The highest BCUT2D eigenvalue weighted by atomic mass is 35.5. The molecule has 0 spiro atoms. The Hall–Kier alpha value is -3.36. The molecule has 0 unspecified atom stereocenters. The Labute approximate surface area is 234 Å². The standard InChI is InChI=1S/C29H24Cl2N2O4S/c30-20-8-11-22(24(31)14-20)26-23(18-6-9-21(10-7-18)37-13-12-34)15-25(38-26)27(35)33-16-29(17-33,28(32)36)19-4-2-1-3-5-19/h1-11,14-15,34H,12-13,16-17H2,(H2,32,36). The van der Waals surface area contributed by atoms with Crippen LogP contribution >= 0.6 is 34.5 Å². The molecule has 1 aliphatic rings. The fourth-order valence-corrected chi connectivity index (χ4v) is 6.37. The molecular formula is C29H24Cl2N2O4S. The lowest BCUT2D eigenvalue weighted by molar-refractivity contribution is -0.128. The molecule has 3 N–H and O–H groups in total. The number of nitrogens with two attached hydrogens (primary N) is 1. The molecule has 0 saturated carbocycles. The number of hydrogen-bond acceptors (Lipinski definition) is 5. The lowest BCUT2D eigenvalue weighted by Gasteiger charge is -2.48. The molecule has 6 nitrogen and oxygen atoms in total. The van der Waals surface area contributed by atoms with E-state index in [9.17, 15) is 9.59 Å². The molecule has 194 valence electrons. The van der Waals surface area contributed by atoms with Gasteiger partial charge in [0.05, 0.1) is 16.5 Å². The first-order chi connectivity index (χ1) is 18.3. The number of hydrogen-bond donors (Lipinski definition) is 2. The number of halogens is 2. The van der Waals surface area contributed by atoms with E-state index in [1.807, 2.05) is 66.7 Å². The number of rotatable bonds is 8. The maximum atomic E-state index is 13.6. The summed E-state index contributed by atoms with van der Waals surface area (Å²) in [5.41, 5.74) is 8.17. The topological polar surface area (TPSA) is 92.9 Å². The smallest absolute Gasteiger partial charge is 0.264 e. The Kier molecular flexibility index (Phi) is 7.45. The van der Waals surface area contributed by atoms with Crippen molar-refractivity contribution in [3.05, 3.63) is 99.3 Å². The Morgan fingerprint density at radius 2 is 1.68 bits per heavy atom. The summed E-state index contributed by atoms with van der Waals surface area (Å²) in [5, 5.41) is 10.0. The van der Waals surface area contributed by atoms with Crippen molar-refractivity contribution in [2.75, 3.05) is 26.3 Å². The summed E-state index contributed by atoms with van der Waals surface area (Å²) >= 11 is 14.0. The van der Waals surface area contributed by atoms with Crippen LogP contribution in [0.4, 0.5) is 0 Å². The van der Waals surface area contributed by atoms with E-state index in [1.54, 1.807) is 17.0 Å². The van der Waals surface area contributed by atoms with Gasteiger partial charge in [0.2, 0.25) is 5.91 Å². The molecule has 5 rings (SSSR count). The number of likely N-dealkylation sites (tertiary alicyclic amines) is 1.